The van der Waals surface area contributed by atoms with Crippen LogP contribution in [0.3, 0.4) is 0 Å². The Labute approximate surface area is 168 Å². The van der Waals surface area contributed by atoms with E-state index in [0.29, 0.717) is 23.0 Å². The molecule has 144 valence electrons. The SMILES string of the molecule is Cc1ccc(Oc2ccccc2NC(=O)Cn2nnc(-c3ccccc3)n2)cc1. The zero-order valence-corrected chi connectivity index (χ0v) is 15.8. The number of anilines is 1. The molecule has 3 aromatic carbocycles. The summed E-state index contributed by atoms with van der Waals surface area (Å²) in [7, 11) is 0. The topological polar surface area (TPSA) is 81.9 Å². The monoisotopic (exact) mass is 385 g/mol. The third kappa shape index (κ3) is 4.65. The van der Waals surface area contributed by atoms with E-state index in [0.717, 1.165) is 11.1 Å². The van der Waals surface area contributed by atoms with Crippen molar-refractivity contribution in [2.75, 3.05) is 5.32 Å². The van der Waals surface area contributed by atoms with Crippen LogP contribution in [0.1, 0.15) is 5.56 Å². The maximum absolute atomic E-state index is 12.5. The molecule has 0 radical (unpaired) electrons. The molecule has 4 aromatic rings. The van der Waals surface area contributed by atoms with Crippen LogP contribution in [0.15, 0.2) is 78.9 Å². The van der Waals surface area contributed by atoms with Crippen molar-refractivity contribution in [3.8, 4) is 22.9 Å². The molecule has 0 spiro atoms. The van der Waals surface area contributed by atoms with Gasteiger partial charge < -0.3 is 10.1 Å². The van der Waals surface area contributed by atoms with Gasteiger partial charge in [0.1, 0.15) is 12.3 Å². The number of ether oxygens (including phenoxy) is 1. The number of aromatic nitrogens is 4. The molecule has 1 aromatic heterocycles. The minimum atomic E-state index is -0.276. The second-order valence-corrected chi connectivity index (χ2v) is 6.47. The van der Waals surface area contributed by atoms with Crippen molar-refractivity contribution >= 4 is 11.6 Å². The molecule has 0 saturated carbocycles. The van der Waals surface area contributed by atoms with Crippen molar-refractivity contribution in [2.24, 2.45) is 0 Å². The molecule has 0 aliphatic carbocycles. The molecule has 0 aliphatic heterocycles. The van der Waals surface area contributed by atoms with Gasteiger partial charge in [-0.25, -0.2) is 0 Å². The number of nitrogens with zero attached hydrogens (tertiary/aromatic N) is 4. The quantitative estimate of drug-likeness (QED) is 0.541. The summed E-state index contributed by atoms with van der Waals surface area (Å²) in [5.74, 6) is 1.45. The van der Waals surface area contributed by atoms with Crippen molar-refractivity contribution < 1.29 is 9.53 Å². The fourth-order valence-electron chi connectivity index (χ4n) is 2.72. The lowest BCUT2D eigenvalue weighted by molar-refractivity contribution is -0.117. The summed E-state index contributed by atoms with van der Waals surface area (Å²) in [5, 5.41) is 15.1. The second-order valence-electron chi connectivity index (χ2n) is 6.47. The molecule has 1 heterocycles. The van der Waals surface area contributed by atoms with Crippen LogP contribution in [0.4, 0.5) is 5.69 Å². The number of hydrogen-bond donors (Lipinski definition) is 1. The predicted molar refractivity (Wildman–Crippen MR) is 110 cm³/mol. The first-order valence-corrected chi connectivity index (χ1v) is 9.14. The van der Waals surface area contributed by atoms with Crippen LogP contribution in [0.5, 0.6) is 11.5 Å². The highest BCUT2D eigenvalue weighted by Gasteiger charge is 2.12. The van der Waals surface area contributed by atoms with E-state index in [1.54, 1.807) is 12.1 Å². The number of carbonyl (C=O) groups excluding carboxylic acids is 1. The summed E-state index contributed by atoms with van der Waals surface area (Å²) in [6, 6.07) is 24.5. The van der Waals surface area contributed by atoms with E-state index in [4.69, 9.17) is 4.74 Å². The summed E-state index contributed by atoms with van der Waals surface area (Å²) in [6.45, 7) is 1.96. The van der Waals surface area contributed by atoms with Crippen LogP contribution in [0, 0.1) is 6.92 Å². The molecule has 7 heteroatoms. The molecular formula is C22H19N5O2. The normalized spacial score (nSPS) is 10.5. The minimum Gasteiger partial charge on any atom is -0.455 e. The van der Waals surface area contributed by atoms with Gasteiger partial charge in [-0.1, -0.05) is 60.2 Å². The number of hydrogen-bond acceptors (Lipinski definition) is 5. The number of aryl methyl sites for hydroxylation is 1. The lowest BCUT2D eigenvalue weighted by Crippen LogP contribution is -2.20. The van der Waals surface area contributed by atoms with Crippen LogP contribution in [-0.4, -0.2) is 26.1 Å². The molecule has 29 heavy (non-hydrogen) atoms. The van der Waals surface area contributed by atoms with Crippen LogP contribution in [0.25, 0.3) is 11.4 Å². The molecule has 0 atom stereocenters. The standard InChI is InChI=1S/C22H19N5O2/c1-16-11-13-18(14-12-16)29-20-10-6-5-9-19(20)23-21(28)15-27-25-22(24-26-27)17-7-3-2-4-8-17/h2-14H,15H2,1H3,(H,23,28). The molecule has 0 bridgehead atoms. The Morgan fingerprint density at radius 1 is 0.966 bits per heavy atom. The first-order chi connectivity index (χ1) is 14.2. The Kier molecular flexibility index (Phi) is 5.29. The van der Waals surface area contributed by atoms with Crippen molar-refractivity contribution in [3.63, 3.8) is 0 Å². The van der Waals surface area contributed by atoms with Gasteiger partial charge >= 0.3 is 0 Å². The number of para-hydroxylation sites is 2. The van der Waals surface area contributed by atoms with Crippen LogP contribution < -0.4 is 10.1 Å². The minimum absolute atomic E-state index is 0.0568. The molecule has 1 N–H and O–H groups in total. The van der Waals surface area contributed by atoms with Gasteiger partial charge in [0.15, 0.2) is 5.75 Å². The zero-order chi connectivity index (χ0) is 20.1. The molecule has 7 nitrogen and oxygen atoms in total. The maximum atomic E-state index is 12.5. The van der Waals surface area contributed by atoms with Crippen molar-refractivity contribution in [2.45, 2.75) is 13.5 Å². The van der Waals surface area contributed by atoms with E-state index in [-0.39, 0.29) is 12.5 Å². The number of rotatable bonds is 6. The zero-order valence-electron chi connectivity index (χ0n) is 15.8. The van der Waals surface area contributed by atoms with Crippen LogP contribution in [0.2, 0.25) is 0 Å². The largest absolute Gasteiger partial charge is 0.455 e. The number of tetrazole rings is 1. The molecular weight excluding hydrogens is 366 g/mol. The van der Waals surface area contributed by atoms with E-state index >= 15 is 0 Å². The third-order valence-electron chi connectivity index (χ3n) is 4.18. The van der Waals surface area contributed by atoms with Gasteiger partial charge in [-0.15, -0.1) is 10.2 Å². The van der Waals surface area contributed by atoms with Crippen molar-refractivity contribution in [1.82, 2.24) is 20.2 Å². The molecule has 1 amide bonds. The molecule has 0 fully saturated rings. The molecule has 0 saturated heterocycles. The van der Waals surface area contributed by atoms with Gasteiger partial charge in [0, 0.05) is 5.56 Å². The Morgan fingerprint density at radius 3 is 2.48 bits per heavy atom. The number of nitrogens with one attached hydrogen (secondary N) is 1. The first kappa shape index (κ1) is 18.4. The summed E-state index contributed by atoms with van der Waals surface area (Å²) in [5.41, 5.74) is 2.56. The van der Waals surface area contributed by atoms with Gasteiger partial charge in [-0.2, -0.15) is 4.80 Å². The fourth-order valence-corrected chi connectivity index (χ4v) is 2.72. The van der Waals surface area contributed by atoms with Crippen LogP contribution >= 0.6 is 0 Å². The van der Waals surface area contributed by atoms with Gasteiger partial charge in [0.05, 0.1) is 5.69 Å². The summed E-state index contributed by atoms with van der Waals surface area (Å²) in [6.07, 6.45) is 0. The highest BCUT2D eigenvalue weighted by atomic mass is 16.5. The molecule has 0 unspecified atom stereocenters. The van der Waals surface area contributed by atoms with Gasteiger partial charge in [0.2, 0.25) is 11.7 Å². The van der Waals surface area contributed by atoms with Crippen LogP contribution in [-0.2, 0) is 11.3 Å². The Balaban J connectivity index is 1.44. The van der Waals surface area contributed by atoms with E-state index in [1.165, 1.54) is 4.80 Å². The number of amides is 1. The molecule has 0 aliphatic rings. The van der Waals surface area contributed by atoms with Gasteiger partial charge in [0.25, 0.3) is 0 Å². The number of benzene rings is 3. The van der Waals surface area contributed by atoms with Crippen molar-refractivity contribution in [1.29, 1.82) is 0 Å². The highest BCUT2D eigenvalue weighted by Crippen LogP contribution is 2.29. The Morgan fingerprint density at radius 2 is 1.69 bits per heavy atom. The van der Waals surface area contributed by atoms with Gasteiger partial charge in [-0.05, 0) is 36.4 Å². The van der Waals surface area contributed by atoms with E-state index in [1.807, 2.05) is 73.7 Å². The smallest absolute Gasteiger partial charge is 0.248 e. The summed E-state index contributed by atoms with van der Waals surface area (Å²) >= 11 is 0. The highest BCUT2D eigenvalue weighted by molar-refractivity contribution is 5.92. The maximum Gasteiger partial charge on any atom is 0.248 e. The lowest BCUT2D eigenvalue weighted by Gasteiger charge is -2.12. The average molecular weight is 385 g/mol. The van der Waals surface area contributed by atoms with E-state index < -0.39 is 0 Å². The summed E-state index contributed by atoms with van der Waals surface area (Å²) < 4.78 is 5.91. The predicted octanol–water partition coefficient (Wildman–Crippen LogP) is 4.08. The van der Waals surface area contributed by atoms with Gasteiger partial charge in [-0.3, -0.25) is 4.79 Å². The Hall–Kier alpha value is -4.00. The number of carbonyl (C=O) groups is 1. The third-order valence-corrected chi connectivity index (χ3v) is 4.18. The average Bonchev–Trinajstić information content (AvgIpc) is 3.20. The molecule has 4 rings (SSSR count). The van der Waals surface area contributed by atoms with Crippen molar-refractivity contribution in [3.05, 3.63) is 84.4 Å². The van der Waals surface area contributed by atoms with E-state index in [2.05, 4.69) is 20.7 Å². The summed E-state index contributed by atoms with van der Waals surface area (Å²) in [4.78, 5) is 13.7. The van der Waals surface area contributed by atoms with E-state index in [9.17, 15) is 4.79 Å². The second kappa shape index (κ2) is 8.35. The lowest BCUT2D eigenvalue weighted by atomic mass is 10.2. The fraction of sp³-hybridized carbons (Fsp3) is 0.0909. The Bertz CT molecular complexity index is 1110. The first-order valence-electron chi connectivity index (χ1n) is 9.14.